The maximum atomic E-state index is 6.85. The Morgan fingerprint density at radius 3 is 0.925 bits per heavy atom. The maximum Gasteiger partial charge on any atom is 0.159 e. The van der Waals surface area contributed by atoms with Gasteiger partial charge in [0.05, 0.1) is 22.7 Å². The van der Waals surface area contributed by atoms with Crippen LogP contribution in [0.1, 0.15) is 0 Å². The highest BCUT2D eigenvalue weighted by Gasteiger charge is 2.26. The second-order valence-corrected chi connectivity index (χ2v) is 20.7. The van der Waals surface area contributed by atoms with Gasteiger partial charge in [-0.3, -0.25) is 0 Å². The molecule has 0 aliphatic carbocycles. The van der Waals surface area contributed by atoms with Crippen molar-refractivity contribution in [1.82, 2.24) is 0 Å². The summed E-state index contributed by atoms with van der Waals surface area (Å²) in [5.74, 6) is 0. The van der Waals surface area contributed by atoms with Crippen LogP contribution in [0.3, 0.4) is 0 Å². The fourth-order valence-electron chi connectivity index (χ4n) is 12.7. The molecule has 0 aliphatic rings. The Kier molecular flexibility index (Phi) is 9.61. The molecule has 80 heavy (non-hydrogen) atoms. The number of hydrogen-bond donors (Lipinski definition) is 0. The van der Waals surface area contributed by atoms with Crippen molar-refractivity contribution in [3.05, 3.63) is 267 Å². The van der Waals surface area contributed by atoms with Gasteiger partial charge in [-0.25, -0.2) is 0 Å². The molecule has 0 atom stereocenters. The number of furan rings is 4. The van der Waals surface area contributed by atoms with E-state index in [9.17, 15) is 0 Å². The van der Waals surface area contributed by atoms with Crippen molar-refractivity contribution in [3.8, 4) is 22.3 Å². The molecule has 0 fully saturated rings. The molecule has 4 heterocycles. The van der Waals surface area contributed by atoms with E-state index >= 15 is 0 Å². The van der Waals surface area contributed by atoms with E-state index in [1.54, 1.807) is 0 Å². The van der Waals surface area contributed by atoms with Crippen molar-refractivity contribution in [2.24, 2.45) is 0 Å². The zero-order valence-corrected chi connectivity index (χ0v) is 42.9. The zero-order valence-electron chi connectivity index (χ0n) is 42.9. The van der Waals surface area contributed by atoms with Crippen LogP contribution in [-0.2, 0) is 0 Å². The average Bonchev–Trinajstić information content (AvgIpc) is 4.35. The van der Waals surface area contributed by atoms with Crippen LogP contribution in [0.5, 0.6) is 0 Å². The van der Waals surface area contributed by atoms with Gasteiger partial charge in [-0.2, -0.15) is 0 Å². The number of anilines is 6. The number of para-hydroxylation sites is 6. The van der Waals surface area contributed by atoms with Crippen molar-refractivity contribution >= 4 is 143 Å². The van der Waals surface area contributed by atoms with Gasteiger partial charge in [-0.05, 0) is 129 Å². The van der Waals surface area contributed by atoms with Crippen LogP contribution >= 0.6 is 0 Å². The third kappa shape index (κ3) is 6.72. The van der Waals surface area contributed by atoms with E-state index < -0.39 is 0 Å². The highest BCUT2D eigenvalue weighted by molar-refractivity contribution is 6.23. The number of fused-ring (bicyclic) bond motifs is 14. The van der Waals surface area contributed by atoms with Crippen LogP contribution in [-0.4, -0.2) is 0 Å². The number of hydrogen-bond acceptors (Lipinski definition) is 6. The topological polar surface area (TPSA) is 59.0 Å². The van der Waals surface area contributed by atoms with Gasteiger partial charge in [0, 0.05) is 66.6 Å². The number of benzene rings is 13. The molecular weight excluding hydrogens is 981 g/mol. The molecule has 0 aliphatic heterocycles. The van der Waals surface area contributed by atoms with Gasteiger partial charge in [-0.1, -0.05) is 170 Å². The predicted molar refractivity (Wildman–Crippen MR) is 331 cm³/mol. The molecule has 374 valence electrons. The fourth-order valence-corrected chi connectivity index (χ4v) is 12.7. The molecule has 0 bridgehead atoms. The standard InChI is InChI=1S/C74H44N2O4/c1-3-17-45(18-4-1)71-57-39-35-48(76(50-34-38-56-52-22-8-12-30-66(52)78-70(56)44-50)64-28-16-26-60-54-24-10-14-32-68(54)80-74(60)64)42-62(57)72(46-19-5-2-6-20-46)58-40-36-47(41-61(58)71)75(49-33-37-55-51-21-7-11-29-65(51)77-69(55)43-49)63-27-15-25-59-53-23-9-13-31-67(53)79-73(59)63/h1-44H. The lowest BCUT2D eigenvalue weighted by atomic mass is 9.85. The van der Waals surface area contributed by atoms with Crippen molar-refractivity contribution in [2.45, 2.75) is 0 Å². The lowest BCUT2D eigenvalue weighted by Crippen LogP contribution is -2.11. The molecule has 6 nitrogen and oxygen atoms in total. The minimum Gasteiger partial charge on any atom is -0.456 e. The van der Waals surface area contributed by atoms with Crippen LogP contribution in [0.2, 0.25) is 0 Å². The summed E-state index contributed by atoms with van der Waals surface area (Å²) in [7, 11) is 0. The molecule has 6 heteroatoms. The molecule has 0 unspecified atom stereocenters. The Morgan fingerprint density at radius 2 is 0.512 bits per heavy atom. The molecule has 0 saturated heterocycles. The number of rotatable bonds is 8. The van der Waals surface area contributed by atoms with E-state index in [1.807, 2.05) is 48.5 Å². The van der Waals surface area contributed by atoms with Gasteiger partial charge in [-0.15, -0.1) is 0 Å². The molecule has 0 N–H and O–H groups in total. The fraction of sp³-hybridized carbons (Fsp3) is 0. The number of nitrogens with zero attached hydrogens (tertiary/aromatic N) is 2. The highest BCUT2D eigenvalue weighted by Crippen LogP contribution is 2.51. The van der Waals surface area contributed by atoms with Crippen LogP contribution in [0.15, 0.2) is 285 Å². The molecule has 0 saturated carbocycles. The summed E-state index contributed by atoms with van der Waals surface area (Å²) >= 11 is 0. The summed E-state index contributed by atoms with van der Waals surface area (Å²) < 4.78 is 26.9. The van der Waals surface area contributed by atoms with Crippen molar-refractivity contribution in [3.63, 3.8) is 0 Å². The first kappa shape index (κ1) is 44.3. The summed E-state index contributed by atoms with van der Waals surface area (Å²) in [5, 5.41) is 13.0. The summed E-state index contributed by atoms with van der Waals surface area (Å²) in [6.07, 6.45) is 0. The summed E-state index contributed by atoms with van der Waals surface area (Å²) in [5.41, 5.74) is 16.8. The van der Waals surface area contributed by atoms with Gasteiger partial charge < -0.3 is 27.5 Å². The van der Waals surface area contributed by atoms with Gasteiger partial charge in [0.1, 0.15) is 33.5 Å². The Labute approximate surface area is 457 Å². The summed E-state index contributed by atoms with van der Waals surface area (Å²) in [6, 6.07) is 94.7. The molecule has 0 spiro atoms. The van der Waals surface area contributed by atoms with Crippen LogP contribution in [0, 0.1) is 0 Å². The molecule has 17 rings (SSSR count). The minimum absolute atomic E-state index is 0.806. The average molecular weight is 1030 g/mol. The van der Waals surface area contributed by atoms with E-state index in [-0.39, 0.29) is 0 Å². The Hall–Kier alpha value is -10.8. The molecule has 0 radical (unpaired) electrons. The maximum absolute atomic E-state index is 6.85. The van der Waals surface area contributed by atoms with E-state index in [2.05, 4.69) is 228 Å². The Balaban J connectivity index is 0.945. The molecule has 17 aromatic rings. The molecule has 13 aromatic carbocycles. The van der Waals surface area contributed by atoms with Gasteiger partial charge >= 0.3 is 0 Å². The van der Waals surface area contributed by atoms with E-state index in [4.69, 9.17) is 17.7 Å². The quantitative estimate of drug-likeness (QED) is 0.141. The Morgan fingerprint density at radius 1 is 0.200 bits per heavy atom. The third-order valence-corrected chi connectivity index (χ3v) is 16.2. The van der Waals surface area contributed by atoms with Crippen LogP contribution in [0.25, 0.3) is 132 Å². The predicted octanol–water partition coefficient (Wildman–Crippen LogP) is 21.9. The Bertz CT molecular complexity index is 5000. The monoisotopic (exact) mass is 1020 g/mol. The van der Waals surface area contributed by atoms with Crippen LogP contribution < -0.4 is 9.80 Å². The molecular formula is C74H44N2O4. The first-order chi connectivity index (χ1) is 39.7. The van der Waals surface area contributed by atoms with Crippen molar-refractivity contribution in [2.75, 3.05) is 9.80 Å². The second kappa shape index (κ2) is 17.3. The first-order valence-corrected chi connectivity index (χ1v) is 27.0. The normalized spacial score (nSPS) is 12.0. The second-order valence-electron chi connectivity index (χ2n) is 20.7. The van der Waals surface area contributed by atoms with Gasteiger partial charge in [0.15, 0.2) is 11.2 Å². The van der Waals surface area contributed by atoms with E-state index in [0.29, 0.717) is 0 Å². The smallest absolute Gasteiger partial charge is 0.159 e. The summed E-state index contributed by atoms with van der Waals surface area (Å²) in [4.78, 5) is 4.66. The third-order valence-electron chi connectivity index (χ3n) is 16.2. The summed E-state index contributed by atoms with van der Waals surface area (Å²) in [6.45, 7) is 0. The minimum atomic E-state index is 0.806. The first-order valence-electron chi connectivity index (χ1n) is 27.0. The van der Waals surface area contributed by atoms with E-state index in [1.165, 1.54) is 0 Å². The lowest BCUT2D eigenvalue weighted by Gasteiger charge is -2.28. The van der Waals surface area contributed by atoms with Crippen molar-refractivity contribution in [1.29, 1.82) is 0 Å². The SMILES string of the molecule is c1ccc(-c2c3ccc(N(c4ccc5c(c4)oc4ccccc45)c4cccc5c4oc4ccccc45)cc3c(-c3ccccc3)c3ccc(N(c4ccc5c(c4)oc4ccccc45)c4cccc5c4oc4ccccc45)cc23)cc1. The molecule has 0 amide bonds. The van der Waals surface area contributed by atoms with Crippen LogP contribution in [0.4, 0.5) is 34.1 Å². The molecule has 4 aromatic heterocycles. The lowest BCUT2D eigenvalue weighted by molar-refractivity contribution is 0.667. The highest BCUT2D eigenvalue weighted by atomic mass is 16.3. The van der Waals surface area contributed by atoms with Crippen molar-refractivity contribution < 1.29 is 17.7 Å². The van der Waals surface area contributed by atoms with Gasteiger partial charge in [0.2, 0.25) is 0 Å². The largest absolute Gasteiger partial charge is 0.456 e. The van der Waals surface area contributed by atoms with Gasteiger partial charge in [0.25, 0.3) is 0 Å². The van der Waals surface area contributed by atoms with E-state index in [0.717, 1.165) is 166 Å². The zero-order chi connectivity index (χ0) is 52.4.